The van der Waals surface area contributed by atoms with Crippen LogP contribution in [0.4, 0.5) is 0 Å². The van der Waals surface area contributed by atoms with Gasteiger partial charge in [0.25, 0.3) is 0 Å². The monoisotopic (exact) mass is 451 g/mol. The van der Waals surface area contributed by atoms with Gasteiger partial charge >= 0.3 is 7.12 Å². The van der Waals surface area contributed by atoms with Gasteiger partial charge in [0, 0.05) is 24.4 Å². The molecule has 2 heterocycles. The van der Waals surface area contributed by atoms with Gasteiger partial charge in [-0.05, 0) is 89.8 Å². The number of fused-ring (bicyclic) bond motifs is 5. The van der Waals surface area contributed by atoms with Crippen LogP contribution in [0.5, 0.6) is 0 Å². The van der Waals surface area contributed by atoms with E-state index in [9.17, 15) is 0 Å². The maximum atomic E-state index is 6.03. The predicted octanol–water partition coefficient (Wildman–Crippen LogP) is 4.44. The highest BCUT2D eigenvalue weighted by Crippen LogP contribution is 2.37. The molecule has 0 atom stereocenters. The average Bonchev–Trinajstić information content (AvgIpc) is 2.86. The maximum Gasteiger partial charge on any atom is 0.494 e. The number of benzene rings is 2. The van der Waals surface area contributed by atoms with Crippen LogP contribution in [0.25, 0.3) is 23.3 Å². The Morgan fingerprint density at radius 1 is 0.824 bits per heavy atom. The van der Waals surface area contributed by atoms with Gasteiger partial charge in [0.15, 0.2) is 0 Å². The minimum absolute atomic E-state index is 0.0243. The van der Waals surface area contributed by atoms with Crippen molar-refractivity contribution in [1.29, 1.82) is 0 Å². The molecule has 0 radical (unpaired) electrons. The summed E-state index contributed by atoms with van der Waals surface area (Å²) in [5.41, 5.74) is 6.70. The van der Waals surface area contributed by atoms with Gasteiger partial charge in [0.2, 0.25) is 0 Å². The molecule has 0 amide bonds. The minimum Gasteiger partial charge on any atom is -0.407 e. The predicted molar refractivity (Wildman–Crippen MR) is 141 cm³/mol. The van der Waals surface area contributed by atoms with Crippen molar-refractivity contribution in [1.82, 2.24) is 4.98 Å². The Labute approximate surface area is 203 Å². The largest absolute Gasteiger partial charge is 0.494 e. The summed E-state index contributed by atoms with van der Waals surface area (Å²) in [5.74, 6) is 0. The van der Waals surface area contributed by atoms with Crippen molar-refractivity contribution in [2.45, 2.75) is 59.0 Å². The summed E-state index contributed by atoms with van der Waals surface area (Å²) in [4.78, 5) is 3.99. The maximum absolute atomic E-state index is 6.03. The molecule has 0 bridgehead atoms. The highest BCUT2D eigenvalue weighted by atomic mass is 16.6. The van der Waals surface area contributed by atoms with E-state index in [1.807, 2.05) is 12.1 Å². The molecule has 2 aliphatic carbocycles. The Kier molecular flexibility index (Phi) is 6.22. The summed E-state index contributed by atoms with van der Waals surface area (Å²) < 4.78 is 11.8. The van der Waals surface area contributed by atoms with E-state index in [1.54, 1.807) is 12.4 Å². The van der Waals surface area contributed by atoms with Gasteiger partial charge in [-0.3, -0.25) is 4.98 Å². The Hall–Kier alpha value is -2.69. The Balaban J connectivity index is 0.000000143. The van der Waals surface area contributed by atoms with Crippen molar-refractivity contribution in [3.63, 3.8) is 0 Å². The third-order valence-electron chi connectivity index (χ3n) is 7.82. The van der Waals surface area contributed by atoms with Crippen LogP contribution in [-0.4, -0.2) is 24.3 Å². The molecule has 1 fully saturated rings. The van der Waals surface area contributed by atoms with Gasteiger partial charge in [-0.2, -0.15) is 0 Å². The van der Waals surface area contributed by atoms with Gasteiger partial charge in [-0.15, -0.1) is 0 Å². The summed E-state index contributed by atoms with van der Waals surface area (Å²) in [5, 5.41) is 2.99. The fourth-order valence-corrected chi connectivity index (χ4v) is 4.91. The number of nitrogens with zero attached hydrogens (tertiary/aromatic N) is 1. The number of aromatic nitrogens is 1. The molecule has 6 rings (SSSR count). The van der Waals surface area contributed by atoms with Crippen LogP contribution in [0.2, 0.25) is 0 Å². The smallest absolute Gasteiger partial charge is 0.407 e. The van der Waals surface area contributed by atoms with E-state index < -0.39 is 0 Å². The summed E-state index contributed by atoms with van der Waals surface area (Å²) in [7, 11) is -0.272. The van der Waals surface area contributed by atoms with Crippen LogP contribution in [0.3, 0.4) is 0 Å². The lowest BCUT2D eigenvalue weighted by atomic mass is 9.69. The molecule has 1 aliphatic heterocycles. The minimum atomic E-state index is -0.272. The first kappa shape index (κ1) is 23.1. The number of hydrogen-bond donors (Lipinski definition) is 0. The number of hydrogen-bond acceptors (Lipinski definition) is 3. The number of rotatable bonds is 1. The lowest BCUT2D eigenvalue weighted by Crippen LogP contribution is -2.58. The molecule has 1 aromatic heterocycles. The first-order valence-electron chi connectivity index (χ1n) is 12.5. The molecule has 4 heteroatoms. The Morgan fingerprint density at radius 3 is 2.41 bits per heavy atom. The molecule has 3 nitrogen and oxygen atoms in total. The molecule has 0 N–H and O–H groups in total. The van der Waals surface area contributed by atoms with Crippen LogP contribution >= 0.6 is 0 Å². The molecule has 174 valence electrons. The zero-order valence-corrected chi connectivity index (χ0v) is 20.8. The van der Waals surface area contributed by atoms with Crippen molar-refractivity contribution >= 4 is 24.7 Å². The molecule has 2 aromatic carbocycles. The van der Waals surface area contributed by atoms with Gasteiger partial charge < -0.3 is 9.31 Å². The molecule has 3 aromatic rings. The Bertz CT molecular complexity index is 1300. The molecular weight excluding hydrogens is 417 g/mol. The molecule has 0 spiro atoms. The van der Waals surface area contributed by atoms with Crippen LogP contribution in [0, 0.1) is 5.41 Å². The lowest BCUT2D eigenvalue weighted by Gasteiger charge is -2.47. The van der Waals surface area contributed by atoms with Crippen LogP contribution in [-0.2, 0) is 22.2 Å². The zero-order valence-electron chi connectivity index (χ0n) is 20.8. The standard InChI is InChI=1S/C18H16.C12H18BNO2/c1-3-7-15-13(5-1)9-11-18-16-8-4-2-6-14(16)10-12-17(15)18;1-11(2)9-15-13(16-12(11,3)4)10-5-7-14-8-6-10/h1,3,5,7-8,10-12H,2,4,6,9H2;5-8H,9H2,1-4H3. The van der Waals surface area contributed by atoms with Gasteiger partial charge in [0.05, 0.1) is 5.60 Å². The van der Waals surface area contributed by atoms with Crippen LogP contribution in [0.15, 0.2) is 60.9 Å². The van der Waals surface area contributed by atoms with Gasteiger partial charge in [0.1, 0.15) is 0 Å². The third kappa shape index (κ3) is 4.37. The van der Waals surface area contributed by atoms with E-state index in [1.165, 1.54) is 52.0 Å². The molecule has 34 heavy (non-hydrogen) atoms. The van der Waals surface area contributed by atoms with E-state index in [0.29, 0.717) is 6.61 Å². The normalized spacial score (nSPS) is 19.2. The molecule has 0 saturated carbocycles. The van der Waals surface area contributed by atoms with Crippen molar-refractivity contribution in [2.24, 2.45) is 5.41 Å². The second-order valence-electron chi connectivity index (χ2n) is 10.7. The first-order chi connectivity index (χ1) is 16.4. The van der Waals surface area contributed by atoms with Crippen molar-refractivity contribution in [2.75, 3.05) is 6.61 Å². The van der Waals surface area contributed by atoms with E-state index >= 15 is 0 Å². The van der Waals surface area contributed by atoms with Crippen LogP contribution in [0.1, 0.15) is 51.7 Å². The molecular formula is C30H34BNO2. The summed E-state index contributed by atoms with van der Waals surface area (Å²) >= 11 is 0. The van der Waals surface area contributed by atoms with Crippen molar-refractivity contribution in [3.05, 3.63) is 82.5 Å². The van der Waals surface area contributed by atoms with E-state index in [2.05, 4.69) is 81.2 Å². The summed E-state index contributed by atoms with van der Waals surface area (Å²) in [6.45, 7) is 9.26. The van der Waals surface area contributed by atoms with E-state index in [-0.39, 0.29) is 18.1 Å². The SMILES string of the molecule is C1=c2c(ccc3c2=CCc2ccccc2-3)CCC1.CC1(C)COB(c2ccncc2)OC1(C)C. The third-order valence-corrected chi connectivity index (χ3v) is 7.82. The average molecular weight is 451 g/mol. The fourth-order valence-electron chi connectivity index (χ4n) is 4.91. The van der Waals surface area contributed by atoms with E-state index in [0.717, 1.165) is 11.9 Å². The van der Waals surface area contributed by atoms with Gasteiger partial charge in [-0.25, -0.2) is 0 Å². The summed E-state index contributed by atoms with van der Waals surface area (Å²) in [6, 6.07) is 17.3. The van der Waals surface area contributed by atoms with Crippen molar-refractivity contribution < 1.29 is 9.31 Å². The fraction of sp³-hybridized carbons (Fsp3) is 0.367. The van der Waals surface area contributed by atoms with E-state index in [4.69, 9.17) is 9.31 Å². The quantitative estimate of drug-likeness (QED) is 0.513. The van der Waals surface area contributed by atoms with Crippen LogP contribution < -0.4 is 15.9 Å². The molecule has 0 unspecified atom stereocenters. The second-order valence-corrected chi connectivity index (χ2v) is 10.7. The molecule has 1 saturated heterocycles. The Morgan fingerprint density at radius 2 is 1.62 bits per heavy atom. The highest BCUT2D eigenvalue weighted by Gasteiger charge is 2.46. The first-order valence-corrected chi connectivity index (χ1v) is 12.5. The lowest BCUT2D eigenvalue weighted by molar-refractivity contribution is -0.0937. The number of pyridine rings is 1. The highest BCUT2D eigenvalue weighted by molar-refractivity contribution is 6.61. The number of aryl methyl sites for hydroxylation is 1. The zero-order chi connectivity index (χ0) is 23.8. The topological polar surface area (TPSA) is 31.4 Å². The van der Waals surface area contributed by atoms with Crippen molar-refractivity contribution in [3.8, 4) is 11.1 Å². The summed E-state index contributed by atoms with van der Waals surface area (Å²) in [6.07, 6.45) is 13.2. The second kappa shape index (κ2) is 9.17. The molecule has 3 aliphatic rings. The van der Waals surface area contributed by atoms with Gasteiger partial charge in [-0.1, -0.05) is 62.4 Å².